The van der Waals surface area contributed by atoms with Gasteiger partial charge in [-0.3, -0.25) is 0 Å². The molecule has 0 fully saturated rings. The fraction of sp³-hybridized carbons (Fsp3) is 0.421. The molecule has 1 unspecified atom stereocenters. The van der Waals surface area contributed by atoms with Gasteiger partial charge in [0.05, 0.1) is 16.5 Å². The number of aromatic nitrogens is 2. The number of fused-ring (bicyclic) bond motifs is 4. The molecule has 0 amide bonds. The maximum absolute atomic E-state index is 5.63. The van der Waals surface area contributed by atoms with Gasteiger partial charge in [0.25, 0.3) is 0 Å². The van der Waals surface area contributed by atoms with Crippen LogP contribution in [0.1, 0.15) is 96.0 Å². The maximum Gasteiger partial charge on any atom is 0.233 e. The smallest absolute Gasteiger partial charge is 0.233 e. The first kappa shape index (κ1) is 25.7. The number of rotatable bonds is 6. The summed E-state index contributed by atoms with van der Waals surface area (Å²) in [5, 5.41) is 4.08. The van der Waals surface area contributed by atoms with Gasteiger partial charge in [0, 0.05) is 23.3 Å². The van der Waals surface area contributed by atoms with Crippen LogP contribution in [0.25, 0.3) is 32.9 Å². The maximum atomic E-state index is 5.63. The zero-order valence-electron chi connectivity index (χ0n) is 25.4. The highest BCUT2D eigenvalue weighted by Gasteiger charge is 2.58. The first-order chi connectivity index (χ1) is 19.3. The van der Waals surface area contributed by atoms with Gasteiger partial charge in [-0.05, 0) is 78.7 Å². The van der Waals surface area contributed by atoms with Crippen molar-refractivity contribution in [2.75, 3.05) is 0 Å². The number of nitrogens with zero attached hydrogens (tertiary/aromatic N) is 2. The molecular weight excluding hydrogens is 484 g/mol. The summed E-state index contributed by atoms with van der Waals surface area (Å²) in [6.07, 6.45) is 13.3. The second kappa shape index (κ2) is 8.87. The molecule has 4 aromatic rings. The van der Waals surface area contributed by atoms with E-state index in [2.05, 4.69) is 114 Å². The van der Waals surface area contributed by atoms with Crippen LogP contribution in [0.2, 0.25) is 0 Å². The molecule has 0 bridgehead atoms. The van der Waals surface area contributed by atoms with Crippen molar-refractivity contribution in [3.63, 3.8) is 0 Å². The van der Waals surface area contributed by atoms with E-state index in [-0.39, 0.29) is 11.0 Å². The Bertz CT molecular complexity index is 1760. The van der Waals surface area contributed by atoms with Gasteiger partial charge >= 0.3 is 0 Å². The first-order valence-electron chi connectivity index (χ1n) is 15.7. The molecule has 204 valence electrons. The Hall–Kier alpha value is -3.26. The Morgan fingerprint density at radius 2 is 1.65 bits per heavy atom. The summed E-state index contributed by atoms with van der Waals surface area (Å²) < 4.78 is 2.65. The van der Waals surface area contributed by atoms with Gasteiger partial charge in [-0.25, -0.2) is 4.98 Å². The molecule has 1 atom stereocenters. The molecular formula is C38H43N2+. The van der Waals surface area contributed by atoms with E-state index < -0.39 is 0 Å². The monoisotopic (exact) mass is 527 g/mol. The average Bonchev–Trinajstić information content (AvgIpc) is 3.20. The molecule has 2 aliphatic carbocycles. The summed E-state index contributed by atoms with van der Waals surface area (Å²) in [6.45, 7) is 16.6. The van der Waals surface area contributed by atoms with Crippen LogP contribution in [0, 0.1) is 18.8 Å². The van der Waals surface area contributed by atoms with E-state index >= 15 is 0 Å². The Morgan fingerprint density at radius 1 is 0.925 bits per heavy atom. The van der Waals surface area contributed by atoms with Crippen LogP contribution in [-0.4, -0.2) is 4.98 Å². The molecule has 0 radical (unpaired) electrons. The van der Waals surface area contributed by atoms with Crippen LogP contribution in [0.4, 0.5) is 0 Å². The highest BCUT2D eigenvalue weighted by Crippen LogP contribution is 2.57. The third kappa shape index (κ3) is 3.22. The molecule has 2 aromatic heterocycles. The van der Waals surface area contributed by atoms with E-state index in [1.54, 1.807) is 5.57 Å². The molecule has 7 rings (SSSR count). The fourth-order valence-electron chi connectivity index (χ4n) is 8.61. The summed E-state index contributed by atoms with van der Waals surface area (Å²) in [5.41, 5.74) is 12.1. The Morgan fingerprint density at radius 3 is 2.38 bits per heavy atom. The minimum absolute atomic E-state index is 0.126. The lowest BCUT2D eigenvalue weighted by Crippen LogP contribution is -2.55. The van der Waals surface area contributed by atoms with Crippen LogP contribution in [-0.2, 0) is 11.0 Å². The van der Waals surface area contributed by atoms with Crippen LogP contribution in [0.5, 0.6) is 0 Å². The van der Waals surface area contributed by atoms with Crippen LogP contribution in [0.15, 0.2) is 72.0 Å². The van der Waals surface area contributed by atoms with Crippen molar-refractivity contribution in [2.24, 2.45) is 11.8 Å². The minimum Gasteiger partial charge on any atom is -0.244 e. The van der Waals surface area contributed by atoms with Crippen molar-refractivity contribution in [3.05, 3.63) is 94.3 Å². The Labute approximate surface area is 239 Å². The van der Waals surface area contributed by atoms with Gasteiger partial charge in [0.15, 0.2) is 6.20 Å². The zero-order valence-corrected chi connectivity index (χ0v) is 25.4. The van der Waals surface area contributed by atoms with E-state index in [0.717, 1.165) is 11.9 Å². The summed E-state index contributed by atoms with van der Waals surface area (Å²) >= 11 is 0. The summed E-state index contributed by atoms with van der Waals surface area (Å²) in [4.78, 5) is 5.63. The van der Waals surface area contributed by atoms with Gasteiger partial charge in [-0.1, -0.05) is 89.1 Å². The number of hydrogen-bond acceptors (Lipinski definition) is 1. The van der Waals surface area contributed by atoms with Crippen molar-refractivity contribution >= 4 is 21.7 Å². The highest BCUT2D eigenvalue weighted by molar-refractivity contribution is 6.05. The molecule has 0 saturated carbocycles. The van der Waals surface area contributed by atoms with Gasteiger partial charge in [-0.15, -0.1) is 0 Å². The quantitative estimate of drug-likeness (QED) is 0.228. The normalized spacial score (nSPS) is 20.2. The molecule has 1 aliphatic heterocycles. The topological polar surface area (TPSA) is 16.8 Å². The lowest BCUT2D eigenvalue weighted by atomic mass is 9.67. The van der Waals surface area contributed by atoms with Gasteiger partial charge < -0.3 is 0 Å². The van der Waals surface area contributed by atoms with Gasteiger partial charge in [0.1, 0.15) is 5.69 Å². The summed E-state index contributed by atoms with van der Waals surface area (Å²) in [7, 11) is 0. The number of hydrogen-bond donors (Lipinski definition) is 0. The second-order valence-electron chi connectivity index (χ2n) is 13.2. The summed E-state index contributed by atoms with van der Waals surface area (Å²) in [6, 6.07) is 16.1. The van der Waals surface area contributed by atoms with Crippen molar-refractivity contribution < 1.29 is 4.57 Å². The van der Waals surface area contributed by atoms with E-state index in [1.807, 2.05) is 0 Å². The molecule has 2 nitrogen and oxygen atoms in total. The third-order valence-corrected chi connectivity index (χ3v) is 10.7. The van der Waals surface area contributed by atoms with E-state index in [9.17, 15) is 0 Å². The molecule has 2 heteroatoms. The molecule has 1 spiro atoms. The molecule has 3 aliphatic rings. The number of allylic oxidation sites excluding steroid dienone is 4. The van der Waals surface area contributed by atoms with E-state index in [1.165, 1.54) is 81.1 Å². The SMILES string of the molecule is CCC(CC)C1=CC2(CC(C(CC)CC)=C1)c1nc3ccccc3c3c1-c1c4c(cc(C)cc4cc[n+]12)C3(C)C. The average molecular weight is 528 g/mol. The van der Waals surface area contributed by atoms with Crippen molar-refractivity contribution in [1.82, 2.24) is 4.98 Å². The van der Waals surface area contributed by atoms with Crippen molar-refractivity contribution in [3.8, 4) is 11.3 Å². The third-order valence-electron chi connectivity index (χ3n) is 10.7. The van der Waals surface area contributed by atoms with Crippen LogP contribution < -0.4 is 4.57 Å². The molecule has 3 heterocycles. The predicted octanol–water partition coefficient (Wildman–Crippen LogP) is 9.48. The Balaban J connectivity index is 1.67. The van der Waals surface area contributed by atoms with Crippen molar-refractivity contribution in [1.29, 1.82) is 0 Å². The number of benzene rings is 2. The number of para-hydroxylation sites is 1. The lowest BCUT2D eigenvalue weighted by molar-refractivity contribution is -0.726. The number of aryl methyl sites for hydroxylation is 1. The molecule has 0 saturated heterocycles. The largest absolute Gasteiger partial charge is 0.244 e. The first-order valence-corrected chi connectivity index (χ1v) is 15.7. The second-order valence-corrected chi connectivity index (χ2v) is 13.2. The zero-order chi connectivity index (χ0) is 28.0. The fourth-order valence-corrected chi connectivity index (χ4v) is 8.61. The van der Waals surface area contributed by atoms with Gasteiger partial charge in [0.2, 0.25) is 11.2 Å². The highest BCUT2D eigenvalue weighted by atomic mass is 15.1. The molecule has 0 N–H and O–H groups in total. The predicted molar refractivity (Wildman–Crippen MR) is 168 cm³/mol. The Kier molecular flexibility index (Phi) is 5.70. The summed E-state index contributed by atoms with van der Waals surface area (Å²) in [5.74, 6) is 1.16. The van der Waals surface area contributed by atoms with Crippen molar-refractivity contribution in [2.45, 2.75) is 91.5 Å². The van der Waals surface area contributed by atoms with E-state index in [4.69, 9.17) is 4.98 Å². The van der Waals surface area contributed by atoms with Gasteiger partial charge in [-0.2, -0.15) is 4.57 Å². The molecule has 40 heavy (non-hydrogen) atoms. The van der Waals surface area contributed by atoms with E-state index in [0.29, 0.717) is 11.8 Å². The minimum atomic E-state index is -0.301. The standard InChI is InChI=1S/C38H43N2/c1-8-24(9-2)27-20-28(25(10-3)11-4)22-38(21-27)36-33-34(29-14-12-13-15-31(29)39-36)37(6,7)30-19-23(5)18-26-16-17-40(38)35(33)32(26)30/h12-21,24-25H,8-11,22H2,1-7H3/q+1. The van der Waals surface area contributed by atoms with Crippen LogP contribution in [0.3, 0.4) is 0 Å². The lowest BCUT2D eigenvalue weighted by Gasteiger charge is -2.34. The molecule has 2 aromatic carbocycles. The van der Waals surface area contributed by atoms with Crippen LogP contribution >= 0.6 is 0 Å². The number of pyridine rings is 2.